The third-order valence-electron chi connectivity index (χ3n) is 2.21. The minimum atomic E-state index is -2.42. The first-order valence-electron chi connectivity index (χ1n) is 6.13. The van der Waals surface area contributed by atoms with Crippen molar-refractivity contribution in [1.82, 2.24) is 5.06 Å². The molecule has 1 N–H and O–H groups in total. The van der Waals surface area contributed by atoms with Gasteiger partial charge in [0, 0.05) is 6.07 Å². The molecule has 0 aliphatic rings. The second-order valence-electron chi connectivity index (χ2n) is 5.26. The molecule has 0 bridgehead atoms. The fraction of sp³-hybridized carbons (Fsp3) is 0.385. The second-order valence-corrected chi connectivity index (χ2v) is 5.26. The largest absolute Gasteiger partial charge is 0.417 e. The van der Waals surface area contributed by atoms with Crippen molar-refractivity contribution in [3.05, 3.63) is 29.3 Å². The van der Waals surface area contributed by atoms with Gasteiger partial charge >= 0.3 is 5.97 Å². The molecule has 128 valence electrons. The average molecular weight is 339 g/mol. The summed E-state index contributed by atoms with van der Waals surface area (Å²) in [5.74, 6) is -11.0. The van der Waals surface area contributed by atoms with Crippen LogP contribution in [0.15, 0.2) is 6.07 Å². The number of halogens is 4. The number of aliphatic hydroxyl groups excluding tert-OH is 1. The van der Waals surface area contributed by atoms with Crippen molar-refractivity contribution in [3.8, 4) is 5.75 Å². The van der Waals surface area contributed by atoms with Gasteiger partial charge in [0.05, 0.1) is 5.60 Å². The van der Waals surface area contributed by atoms with Crippen LogP contribution in [0.25, 0.3) is 0 Å². The van der Waals surface area contributed by atoms with Crippen molar-refractivity contribution in [3.63, 3.8) is 0 Å². The third-order valence-corrected chi connectivity index (χ3v) is 2.21. The number of hydroxylamine groups is 2. The molecule has 0 saturated carbocycles. The first kappa shape index (κ1) is 18.8. The maximum Gasteiger partial charge on any atom is 0.364 e. The quantitative estimate of drug-likeness (QED) is 0.168. The first-order valence-corrected chi connectivity index (χ1v) is 6.13. The summed E-state index contributed by atoms with van der Waals surface area (Å²) in [6.45, 7) is 4.43. The standard InChI is InChI=1S/C13H13F4NO5/c1-13(2,3)23-18(5-19)11(20)12(21)22-10-8(16)6(14)4-7(15)9(10)17/h4-5,11,20H,1-3H3. The average Bonchev–Trinajstić information content (AvgIpc) is 2.45. The highest BCUT2D eigenvalue weighted by Crippen LogP contribution is 2.27. The molecule has 1 aromatic rings. The molecule has 0 fully saturated rings. The van der Waals surface area contributed by atoms with E-state index in [1.165, 1.54) is 20.8 Å². The van der Waals surface area contributed by atoms with Gasteiger partial charge in [0.15, 0.2) is 11.6 Å². The summed E-state index contributed by atoms with van der Waals surface area (Å²) in [5.41, 5.74) is -1.01. The molecule has 1 atom stereocenters. The van der Waals surface area contributed by atoms with Crippen molar-refractivity contribution >= 4 is 12.4 Å². The number of rotatable bonds is 5. The molecule has 0 spiro atoms. The number of hydrogen-bond acceptors (Lipinski definition) is 5. The number of benzene rings is 1. The van der Waals surface area contributed by atoms with Crippen LogP contribution in [0.3, 0.4) is 0 Å². The van der Waals surface area contributed by atoms with Gasteiger partial charge in [-0.05, 0) is 20.8 Å². The molecule has 0 heterocycles. The summed E-state index contributed by atoms with van der Waals surface area (Å²) < 4.78 is 56.8. The number of amides is 1. The lowest BCUT2D eigenvalue weighted by Crippen LogP contribution is -2.46. The zero-order valence-electron chi connectivity index (χ0n) is 12.3. The first-order chi connectivity index (χ1) is 10.5. The number of ether oxygens (including phenoxy) is 1. The zero-order valence-corrected chi connectivity index (χ0v) is 12.3. The smallest absolute Gasteiger partial charge is 0.364 e. The summed E-state index contributed by atoms with van der Waals surface area (Å²) >= 11 is 0. The molecule has 1 amide bonds. The summed E-state index contributed by atoms with van der Waals surface area (Å²) in [4.78, 5) is 27.3. The Bertz CT molecular complexity index is 591. The van der Waals surface area contributed by atoms with E-state index < -0.39 is 46.8 Å². The Hall–Kier alpha value is -2.20. The van der Waals surface area contributed by atoms with Crippen molar-refractivity contribution in [2.24, 2.45) is 0 Å². The minimum absolute atomic E-state index is 0.0845. The predicted octanol–water partition coefficient (Wildman–Crippen LogP) is 1.66. The normalized spacial score (nSPS) is 12.7. The van der Waals surface area contributed by atoms with E-state index in [1.54, 1.807) is 0 Å². The second kappa shape index (κ2) is 6.92. The Labute approximate surface area is 128 Å². The molecule has 1 rings (SSSR count). The van der Waals surface area contributed by atoms with Gasteiger partial charge in [-0.2, -0.15) is 13.8 Å². The van der Waals surface area contributed by atoms with E-state index >= 15 is 0 Å². The Balaban J connectivity index is 3.02. The molecule has 10 heteroatoms. The van der Waals surface area contributed by atoms with Gasteiger partial charge in [-0.25, -0.2) is 13.6 Å². The number of aliphatic hydroxyl groups is 1. The van der Waals surface area contributed by atoms with E-state index in [1.807, 2.05) is 0 Å². The van der Waals surface area contributed by atoms with Crippen molar-refractivity contribution in [2.45, 2.75) is 32.6 Å². The van der Waals surface area contributed by atoms with Crippen molar-refractivity contribution < 1.29 is 41.8 Å². The van der Waals surface area contributed by atoms with Gasteiger partial charge in [0.25, 0.3) is 6.23 Å². The van der Waals surface area contributed by atoms with Gasteiger partial charge < -0.3 is 9.84 Å². The molecule has 0 aromatic heterocycles. The van der Waals surface area contributed by atoms with Crippen molar-refractivity contribution in [1.29, 1.82) is 0 Å². The van der Waals surface area contributed by atoms with Crippen LogP contribution >= 0.6 is 0 Å². The van der Waals surface area contributed by atoms with E-state index in [4.69, 9.17) is 4.84 Å². The molecule has 0 aliphatic heterocycles. The van der Waals surface area contributed by atoms with Crippen LogP contribution in [-0.2, 0) is 14.4 Å². The number of nitrogens with zero attached hydrogens (tertiary/aromatic N) is 1. The van der Waals surface area contributed by atoms with Crippen LogP contribution in [0.4, 0.5) is 17.6 Å². The van der Waals surface area contributed by atoms with Crippen LogP contribution in [0.1, 0.15) is 20.8 Å². The Morgan fingerprint density at radius 2 is 1.70 bits per heavy atom. The van der Waals surface area contributed by atoms with E-state index in [-0.39, 0.29) is 17.5 Å². The lowest BCUT2D eigenvalue weighted by atomic mass is 10.2. The lowest BCUT2D eigenvalue weighted by molar-refractivity contribution is -0.263. The SMILES string of the molecule is CC(C)(C)ON(C=O)C(O)C(=O)Oc1c(F)c(F)cc(F)c1F. The topological polar surface area (TPSA) is 76.1 Å². The number of hydrogen-bond donors (Lipinski definition) is 1. The summed E-state index contributed by atoms with van der Waals surface area (Å²) in [6.07, 6.45) is -2.51. The van der Waals surface area contributed by atoms with E-state index in [9.17, 15) is 32.3 Å². The highest BCUT2D eigenvalue weighted by atomic mass is 19.2. The fourth-order valence-corrected chi connectivity index (χ4v) is 1.34. The summed E-state index contributed by atoms with van der Waals surface area (Å²) in [6, 6.07) is -0.0845. The highest BCUT2D eigenvalue weighted by Gasteiger charge is 2.32. The molecule has 0 aliphatic carbocycles. The lowest BCUT2D eigenvalue weighted by Gasteiger charge is -2.28. The molecule has 0 saturated heterocycles. The minimum Gasteiger partial charge on any atom is -0.417 e. The van der Waals surface area contributed by atoms with Crippen LogP contribution in [-0.4, -0.2) is 34.4 Å². The Morgan fingerprint density at radius 1 is 1.22 bits per heavy atom. The van der Waals surface area contributed by atoms with Gasteiger partial charge in [-0.15, -0.1) is 0 Å². The molecule has 23 heavy (non-hydrogen) atoms. The van der Waals surface area contributed by atoms with E-state index in [0.717, 1.165) is 0 Å². The summed E-state index contributed by atoms with van der Waals surface area (Å²) in [5, 5.41) is 9.70. The van der Waals surface area contributed by atoms with Crippen molar-refractivity contribution in [2.75, 3.05) is 0 Å². The van der Waals surface area contributed by atoms with Crippen LogP contribution in [0.5, 0.6) is 5.75 Å². The third kappa shape index (κ3) is 4.63. The predicted molar refractivity (Wildman–Crippen MR) is 66.7 cm³/mol. The fourth-order valence-electron chi connectivity index (χ4n) is 1.34. The Morgan fingerprint density at radius 3 is 2.09 bits per heavy atom. The number of carbonyl (C=O) groups excluding carboxylic acids is 2. The summed E-state index contributed by atoms with van der Waals surface area (Å²) in [7, 11) is 0. The van der Waals surface area contributed by atoms with Crippen LogP contribution in [0, 0.1) is 23.3 Å². The zero-order chi connectivity index (χ0) is 17.9. The monoisotopic (exact) mass is 339 g/mol. The maximum absolute atomic E-state index is 13.4. The molecule has 1 unspecified atom stereocenters. The molecule has 0 radical (unpaired) electrons. The molecular weight excluding hydrogens is 326 g/mol. The van der Waals surface area contributed by atoms with Crippen LogP contribution < -0.4 is 4.74 Å². The maximum atomic E-state index is 13.4. The van der Waals surface area contributed by atoms with E-state index in [0.29, 0.717) is 0 Å². The number of esters is 1. The van der Waals surface area contributed by atoms with Gasteiger partial charge in [-0.1, -0.05) is 0 Å². The van der Waals surface area contributed by atoms with Gasteiger partial charge in [-0.3, -0.25) is 9.63 Å². The van der Waals surface area contributed by atoms with Gasteiger partial charge in [0.1, 0.15) is 0 Å². The van der Waals surface area contributed by atoms with Crippen LogP contribution in [0.2, 0.25) is 0 Å². The molecule has 6 nitrogen and oxygen atoms in total. The molecule has 1 aromatic carbocycles. The van der Waals surface area contributed by atoms with Gasteiger partial charge in [0.2, 0.25) is 23.8 Å². The Kier molecular flexibility index (Phi) is 5.67. The number of carbonyl (C=O) groups is 2. The van der Waals surface area contributed by atoms with E-state index in [2.05, 4.69) is 4.74 Å². The highest BCUT2D eigenvalue weighted by molar-refractivity contribution is 5.78. The molecular formula is C13H13F4NO5.